The van der Waals surface area contributed by atoms with E-state index in [9.17, 15) is 8.42 Å². The first kappa shape index (κ1) is 13.8. The zero-order valence-corrected chi connectivity index (χ0v) is 10.2. The molecule has 0 radical (unpaired) electrons. The van der Waals surface area contributed by atoms with E-state index in [-0.39, 0.29) is 5.54 Å². The Morgan fingerprint density at radius 3 is 2.14 bits per heavy atom. The Balaban J connectivity index is 3.49. The van der Waals surface area contributed by atoms with Crippen molar-refractivity contribution in [3.63, 3.8) is 0 Å². The van der Waals surface area contributed by atoms with Crippen molar-refractivity contribution >= 4 is 10.2 Å². The van der Waals surface area contributed by atoms with Gasteiger partial charge in [0.25, 0.3) is 10.2 Å². The third-order valence-electron chi connectivity index (χ3n) is 1.57. The lowest BCUT2D eigenvalue weighted by molar-refractivity contribution is 0.422. The van der Waals surface area contributed by atoms with Crippen LogP contribution in [-0.2, 0) is 10.2 Å². The Bertz CT molecular complexity index is 244. The summed E-state index contributed by atoms with van der Waals surface area (Å²) in [7, 11) is -1.88. The van der Waals surface area contributed by atoms with E-state index in [2.05, 4.69) is 35.5 Å². The third-order valence-corrected chi connectivity index (χ3v) is 2.69. The summed E-state index contributed by atoms with van der Waals surface area (Å²) in [5, 5.41) is 3.27. The van der Waals surface area contributed by atoms with E-state index in [1.165, 1.54) is 7.05 Å². The molecule has 14 heavy (non-hydrogen) atoms. The lowest BCUT2D eigenvalue weighted by Gasteiger charge is -2.20. The van der Waals surface area contributed by atoms with E-state index in [4.69, 9.17) is 0 Å². The van der Waals surface area contributed by atoms with Crippen LogP contribution in [0.15, 0.2) is 0 Å². The van der Waals surface area contributed by atoms with E-state index in [0.29, 0.717) is 6.54 Å². The highest BCUT2D eigenvalue weighted by atomic mass is 32.2. The molecule has 3 N–H and O–H groups in total. The van der Waals surface area contributed by atoms with Crippen molar-refractivity contribution in [3.8, 4) is 0 Å². The van der Waals surface area contributed by atoms with Crippen molar-refractivity contribution in [3.05, 3.63) is 0 Å². The average molecular weight is 223 g/mol. The molecular formula is C8H21N3O2S. The molecule has 0 aromatic rings. The molecule has 5 nitrogen and oxygen atoms in total. The highest BCUT2D eigenvalue weighted by Crippen LogP contribution is 1.97. The fourth-order valence-corrected chi connectivity index (χ4v) is 1.39. The molecule has 0 aliphatic rings. The highest BCUT2D eigenvalue weighted by Gasteiger charge is 2.08. The molecular weight excluding hydrogens is 202 g/mol. The topological polar surface area (TPSA) is 70.2 Å². The molecule has 0 rings (SSSR count). The Morgan fingerprint density at radius 2 is 1.71 bits per heavy atom. The summed E-state index contributed by atoms with van der Waals surface area (Å²) < 4.78 is 26.4. The first-order valence-electron chi connectivity index (χ1n) is 4.70. The van der Waals surface area contributed by atoms with Crippen LogP contribution < -0.4 is 14.8 Å². The van der Waals surface area contributed by atoms with Crippen LogP contribution in [0, 0.1) is 0 Å². The van der Waals surface area contributed by atoms with Gasteiger partial charge in [0.1, 0.15) is 0 Å². The molecule has 0 heterocycles. The largest absolute Gasteiger partial charge is 0.312 e. The van der Waals surface area contributed by atoms with Crippen molar-refractivity contribution in [2.45, 2.75) is 32.7 Å². The molecule has 0 aromatic carbocycles. The standard InChI is InChI=1S/C8H21N3O2S/c1-8(2,3)10-6-5-7-11-14(12,13)9-4/h9-11H,5-7H2,1-4H3. The lowest BCUT2D eigenvalue weighted by Crippen LogP contribution is -2.39. The van der Waals surface area contributed by atoms with Crippen LogP contribution >= 0.6 is 0 Å². The van der Waals surface area contributed by atoms with Gasteiger partial charge in [-0.15, -0.1) is 0 Å². The Morgan fingerprint density at radius 1 is 1.14 bits per heavy atom. The Hall–Kier alpha value is -0.170. The fourth-order valence-electron chi connectivity index (χ4n) is 0.830. The monoisotopic (exact) mass is 223 g/mol. The summed E-state index contributed by atoms with van der Waals surface area (Å²) in [6.45, 7) is 7.47. The smallest absolute Gasteiger partial charge is 0.276 e. The summed E-state index contributed by atoms with van der Waals surface area (Å²) in [4.78, 5) is 0. The van der Waals surface area contributed by atoms with Gasteiger partial charge in [-0.25, -0.2) is 9.44 Å². The summed E-state index contributed by atoms with van der Waals surface area (Å²) in [5.41, 5.74) is 0.0852. The molecule has 0 aliphatic heterocycles. The Labute approximate surface area is 86.8 Å². The van der Waals surface area contributed by atoms with E-state index in [0.717, 1.165) is 13.0 Å². The van der Waals surface area contributed by atoms with Crippen molar-refractivity contribution in [2.75, 3.05) is 20.1 Å². The van der Waals surface area contributed by atoms with Gasteiger partial charge in [-0.05, 0) is 33.7 Å². The second-order valence-electron chi connectivity index (χ2n) is 4.13. The van der Waals surface area contributed by atoms with E-state index in [1.54, 1.807) is 0 Å². The van der Waals surface area contributed by atoms with Gasteiger partial charge in [0.2, 0.25) is 0 Å². The second kappa shape index (κ2) is 5.65. The SMILES string of the molecule is CNS(=O)(=O)NCCCNC(C)(C)C. The zero-order chi connectivity index (χ0) is 11.2. The predicted octanol–water partition coefficient (Wildman–Crippen LogP) is -0.182. The number of hydrogen-bond donors (Lipinski definition) is 3. The van der Waals surface area contributed by atoms with Crippen molar-refractivity contribution < 1.29 is 8.42 Å². The molecule has 0 saturated heterocycles. The maximum Gasteiger partial charge on any atom is 0.276 e. The van der Waals surface area contributed by atoms with Crippen LogP contribution in [0.2, 0.25) is 0 Å². The van der Waals surface area contributed by atoms with Crippen LogP contribution in [0.1, 0.15) is 27.2 Å². The van der Waals surface area contributed by atoms with Crippen molar-refractivity contribution in [1.82, 2.24) is 14.8 Å². The van der Waals surface area contributed by atoms with Gasteiger partial charge in [0, 0.05) is 19.1 Å². The quantitative estimate of drug-likeness (QED) is 0.547. The molecule has 0 spiro atoms. The van der Waals surface area contributed by atoms with Gasteiger partial charge in [-0.2, -0.15) is 8.42 Å². The summed E-state index contributed by atoms with van der Waals surface area (Å²) in [5.74, 6) is 0. The number of rotatable bonds is 6. The van der Waals surface area contributed by atoms with E-state index in [1.807, 2.05) is 0 Å². The predicted molar refractivity (Wildman–Crippen MR) is 58.4 cm³/mol. The summed E-state index contributed by atoms with van der Waals surface area (Å²) in [6, 6.07) is 0. The normalized spacial score (nSPS) is 13.1. The van der Waals surface area contributed by atoms with Gasteiger partial charge in [0.05, 0.1) is 0 Å². The van der Waals surface area contributed by atoms with Crippen LogP contribution in [0.4, 0.5) is 0 Å². The minimum Gasteiger partial charge on any atom is -0.312 e. The summed E-state index contributed by atoms with van der Waals surface area (Å²) in [6.07, 6.45) is 0.776. The Kier molecular flexibility index (Phi) is 5.58. The molecule has 0 amide bonds. The molecule has 0 fully saturated rings. The van der Waals surface area contributed by atoms with Gasteiger partial charge >= 0.3 is 0 Å². The fraction of sp³-hybridized carbons (Fsp3) is 1.00. The number of hydrogen-bond acceptors (Lipinski definition) is 3. The van der Waals surface area contributed by atoms with Gasteiger partial charge in [-0.3, -0.25) is 0 Å². The molecule has 0 aliphatic carbocycles. The van der Waals surface area contributed by atoms with Gasteiger partial charge in [-0.1, -0.05) is 0 Å². The van der Waals surface area contributed by atoms with Gasteiger partial charge < -0.3 is 5.32 Å². The van der Waals surface area contributed by atoms with E-state index >= 15 is 0 Å². The van der Waals surface area contributed by atoms with Crippen LogP contribution in [0.3, 0.4) is 0 Å². The molecule has 0 atom stereocenters. The molecule has 0 saturated carbocycles. The average Bonchev–Trinajstić information content (AvgIpc) is 2.01. The maximum absolute atomic E-state index is 10.9. The third kappa shape index (κ3) is 8.43. The van der Waals surface area contributed by atoms with Crippen molar-refractivity contribution in [1.29, 1.82) is 0 Å². The zero-order valence-electron chi connectivity index (χ0n) is 9.35. The van der Waals surface area contributed by atoms with E-state index < -0.39 is 10.2 Å². The molecule has 6 heteroatoms. The molecule has 0 bridgehead atoms. The lowest BCUT2D eigenvalue weighted by atomic mass is 10.1. The van der Waals surface area contributed by atoms with Crippen molar-refractivity contribution in [2.24, 2.45) is 0 Å². The minimum absolute atomic E-state index is 0.0852. The van der Waals surface area contributed by atoms with Crippen LogP contribution in [0.25, 0.3) is 0 Å². The molecule has 0 aromatic heterocycles. The maximum atomic E-state index is 10.9. The highest BCUT2D eigenvalue weighted by molar-refractivity contribution is 7.87. The second-order valence-corrected chi connectivity index (χ2v) is 5.84. The van der Waals surface area contributed by atoms with Gasteiger partial charge in [0.15, 0.2) is 0 Å². The first-order valence-corrected chi connectivity index (χ1v) is 6.18. The van der Waals surface area contributed by atoms with Crippen LogP contribution in [0.5, 0.6) is 0 Å². The summed E-state index contributed by atoms with van der Waals surface area (Å²) >= 11 is 0. The molecule has 86 valence electrons. The minimum atomic E-state index is -3.26. The first-order chi connectivity index (χ1) is 6.27. The van der Waals surface area contributed by atoms with Crippen LogP contribution in [-0.4, -0.2) is 34.1 Å². The number of nitrogens with one attached hydrogen (secondary N) is 3. The molecule has 0 unspecified atom stereocenters.